The predicted molar refractivity (Wildman–Crippen MR) is 72.6 cm³/mol. The molecule has 1 aliphatic heterocycles. The van der Waals surface area contributed by atoms with Gasteiger partial charge in [0.1, 0.15) is 11.6 Å². The van der Waals surface area contributed by atoms with E-state index in [2.05, 4.69) is 28.7 Å². The lowest BCUT2D eigenvalue weighted by atomic mass is 10.1. The molecular weight excluding hydrogens is 238 g/mol. The van der Waals surface area contributed by atoms with Crippen molar-refractivity contribution in [3.05, 3.63) is 47.4 Å². The number of hydrogen-bond acceptors (Lipinski definition) is 4. The molecule has 100 valence electrons. The van der Waals surface area contributed by atoms with Gasteiger partial charge in [0.2, 0.25) is 0 Å². The van der Waals surface area contributed by atoms with Crippen molar-refractivity contribution in [3.63, 3.8) is 0 Å². The van der Waals surface area contributed by atoms with Crippen LogP contribution in [0.1, 0.15) is 42.6 Å². The highest BCUT2D eigenvalue weighted by molar-refractivity contribution is 5.21. The summed E-state index contributed by atoms with van der Waals surface area (Å²) in [5, 5.41) is 0. The number of fused-ring (bicyclic) bond motifs is 1. The molecule has 0 saturated heterocycles. The van der Waals surface area contributed by atoms with E-state index in [0.717, 1.165) is 37.6 Å². The first-order valence-corrected chi connectivity index (χ1v) is 6.82. The average molecular weight is 257 g/mol. The van der Waals surface area contributed by atoms with Crippen molar-refractivity contribution in [3.8, 4) is 0 Å². The van der Waals surface area contributed by atoms with Crippen LogP contribution in [0.5, 0.6) is 0 Å². The Labute approximate surface area is 113 Å². The molecule has 4 nitrogen and oxygen atoms in total. The SMILES string of the molecule is CC(C)c1ncc2c(n1)CCN(Cc1ccco1)C2. The second-order valence-electron chi connectivity index (χ2n) is 5.39. The van der Waals surface area contributed by atoms with E-state index in [0.29, 0.717) is 5.92 Å². The van der Waals surface area contributed by atoms with Crippen molar-refractivity contribution in [2.75, 3.05) is 6.54 Å². The van der Waals surface area contributed by atoms with E-state index >= 15 is 0 Å². The van der Waals surface area contributed by atoms with Gasteiger partial charge in [0.05, 0.1) is 12.8 Å². The first-order chi connectivity index (χ1) is 9.22. The van der Waals surface area contributed by atoms with Crippen LogP contribution >= 0.6 is 0 Å². The van der Waals surface area contributed by atoms with E-state index < -0.39 is 0 Å². The summed E-state index contributed by atoms with van der Waals surface area (Å²) < 4.78 is 5.40. The Balaban J connectivity index is 1.73. The number of hydrogen-bond donors (Lipinski definition) is 0. The third kappa shape index (κ3) is 2.68. The zero-order valence-electron chi connectivity index (χ0n) is 11.5. The maximum Gasteiger partial charge on any atom is 0.131 e. The fourth-order valence-corrected chi connectivity index (χ4v) is 2.43. The molecule has 3 heterocycles. The largest absolute Gasteiger partial charge is 0.468 e. The van der Waals surface area contributed by atoms with E-state index in [-0.39, 0.29) is 0 Å². The molecule has 0 radical (unpaired) electrons. The highest BCUT2D eigenvalue weighted by Gasteiger charge is 2.19. The topological polar surface area (TPSA) is 42.2 Å². The van der Waals surface area contributed by atoms with Gasteiger partial charge in [-0.1, -0.05) is 13.8 Å². The first-order valence-electron chi connectivity index (χ1n) is 6.82. The lowest BCUT2D eigenvalue weighted by Crippen LogP contribution is -2.31. The van der Waals surface area contributed by atoms with Gasteiger partial charge in [0, 0.05) is 42.9 Å². The van der Waals surface area contributed by atoms with Crippen molar-refractivity contribution in [1.82, 2.24) is 14.9 Å². The minimum absolute atomic E-state index is 0.395. The van der Waals surface area contributed by atoms with Gasteiger partial charge in [-0.25, -0.2) is 9.97 Å². The smallest absolute Gasteiger partial charge is 0.131 e. The third-order valence-corrected chi connectivity index (χ3v) is 3.51. The lowest BCUT2D eigenvalue weighted by molar-refractivity contribution is 0.223. The Bertz CT molecular complexity index is 549. The standard InChI is InChI=1S/C15H19N3O/c1-11(2)15-16-8-12-9-18(6-5-14(12)17-15)10-13-4-3-7-19-13/h3-4,7-8,11H,5-6,9-10H2,1-2H3. The fraction of sp³-hybridized carbons (Fsp3) is 0.467. The number of rotatable bonds is 3. The molecule has 2 aromatic heterocycles. The molecule has 0 aliphatic carbocycles. The third-order valence-electron chi connectivity index (χ3n) is 3.51. The molecule has 0 atom stereocenters. The molecule has 0 saturated carbocycles. The second-order valence-corrected chi connectivity index (χ2v) is 5.39. The van der Waals surface area contributed by atoms with Crippen molar-refractivity contribution < 1.29 is 4.42 Å². The molecule has 4 heteroatoms. The van der Waals surface area contributed by atoms with Crippen molar-refractivity contribution in [2.45, 2.75) is 39.3 Å². The number of furan rings is 1. The van der Waals surface area contributed by atoms with Crippen molar-refractivity contribution in [2.24, 2.45) is 0 Å². The van der Waals surface area contributed by atoms with Gasteiger partial charge in [-0.2, -0.15) is 0 Å². The molecular formula is C15H19N3O. The molecule has 19 heavy (non-hydrogen) atoms. The van der Waals surface area contributed by atoms with Gasteiger partial charge < -0.3 is 4.42 Å². The molecule has 0 aromatic carbocycles. The molecule has 3 rings (SSSR count). The summed E-state index contributed by atoms with van der Waals surface area (Å²) in [5.41, 5.74) is 2.47. The van der Waals surface area contributed by atoms with Crippen LogP contribution in [-0.2, 0) is 19.5 Å². The Morgan fingerprint density at radius 3 is 3.05 bits per heavy atom. The van der Waals surface area contributed by atoms with Gasteiger partial charge in [0.15, 0.2) is 0 Å². The van der Waals surface area contributed by atoms with Gasteiger partial charge in [0.25, 0.3) is 0 Å². The van der Waals surface area contributed by atoms with E-state index in [1.807, 2.05) is 18.3 Å². The summed E-state index contributed by atoms with van der Waals surface area (Å²) in [7, 11) is 0. The van der Waals surface area contributed by atoms with E-state index in [1.54, 1.807) is 6.26 Å². The fourth-order valence-electron chi connectivity index (χ4n) is 2.43. The maximum absolute atomic E-state index is 5.40. The normalized spacial score (nSPS) is 15.7. The van der Waals surface area contributed by atoms with E-state index in [1.165, 1.54) is 11.3 Å². The minimum Gasteiger partial charge on any atom is -0.468 e. The van der Waals surface area contributed by atoms with Crippen LogP contribution in [-0.4, -0.2) is 21.4 Å². The summed E-state index contributed by atoms with van der Waals surface area (Å²) in [5.74, 6) is 2.37. The van der Waals surface area contributed by atoms with Gasteiger partial charge in [-0.15, -0.1) is 0 Å². The van der Waals surface area contributed by atoms with Crippen LogP contribution in [0.25, 0.3) is 0 Å². The molecule has 0 amide bonds. The zero-order chi connectivity index (χ0) is 13.2. The van der Waals surface area contributed by atoms with Crippen LogP contribution in [0.2, 0.25) is 0 Å². The summed E-state index contributed by atoms with van der Waals surface area (Å²) in [6.07, 6.45) is 4.72. The second kappa shape index (κ2) is 5.13. The summed E-state index contributed by atoms with van der Waals surface area (Å²) >= 11 is 0. The number of aromatic nitrogens is 2. The molecule has 2 aromatic rings. The molecule has 0 unspecified atom stereocenters. The van der Waals surface area contributed by atoms with E-state index in [9.17, 15) is 0 Å². The minimum atomic E-state index is 0.395. The summed E-state index contributed by atoms with van der Waals surface area (Å²) in [6.45, 7) is 7.07. The zero-order valence-corrected chi connectivity index (χ0v) is 11.5. The van der Waals surface area contributed by atoms with Crippen LogP contribution in [0, 0.1) is 0 Å². The average Bonchev–Trinajstić information content (AvgIpc) is 2.91. The van der Waals surface area contributed by atoms with Gasteiger partial charge in [-0.05, 0) is 12.1 Å². The molecule has 0 spiro atoms. The maximum atomic E-state index is 5.40. The Kier molecular flexibility index (Phi) is 3.34. The highest BCUT2D eigenvalue weighted by Crippen LogP contribution is 2.20. The molecule has 1 aliphatic rings. The highest BCUT2D eigenvalue weighted by atomic mass is 16.3. The van der Waals surface area contributed by atoms with E-state index in [4.69, 9.17) is 4.42 Å². The first kappa shape index (κ1) is 12.4. The molecule has 0 N–H and O–H groups in total. The van der Waals surface area contributed by atoms with Gasteiger partial charge in [-0.3, -0.25) is 4.90 Å². The summed E-state index contributed by atoms with van der Waals surface area (Å²) in [6, 6.07) is 3.96. The Morgan fingerprint density at radius 2 is 2.32 bits per heavy atom. The van der Waals surface area contributed by atoms with Crippen LogP contribution in [0.15, 0.2) is 29.0 Å². The molecule has 0 bridgehead atoms. The molecule has 0 fully saturated rings. The predicted octanol–water partition coefficient (Wildman–Crippen LogP) is 2.75. The summed E-state index contributed by atoms with van der Waals surface area (Å²) in [4.78, 5) is 11.5. The van der Waals surface area contributed by atoms with Crippen molar-refractivity contribution >= 4 is 0 Å². The van der Waals surface area contributed by atoms with Crippen LogP contribution in [0.3, 0.4) is 0 Å². The van der Waals surface area contributed by atoms with Crippen LogP contribution in [0.4, 0.5) is 0 Å². The number of nitrogens with zero attached hydrogens (tertiary/aromatic N) is 3. The van der Waals surface area contributed by atoms with Crippen molar-refractivity contribution in [1.29, 1.82) is 0 Å². The Hall–Kier alpha value is -1.68. The van der Waals surface area contributed by atoms with Crippen LogP contribution < -0.4 is 0 Å². The monoisotopic (exact) mass is 257 g/mol. The Morgan fingerprint density at radius 1 is 1.42 bits per heavy atom. The van der Waals surface area contributed by atoms with Gasteiger partial charge >= 0.3 is 0 Å². The quantitative estimate of drug-likeness (QED) is 0.848. The lowest BCUT2D eigenvalue weighted by Gasteiger charge is -2.27.